The molecule has 0 saturated carbocycles. The zero-order valence-corrected chi connectivity index (χ0v) is 22.7. The van der Waals surface area contributed by atoms with Gasteiger partial charge in [-0.1, -0.05) is 12.1 Å². The fraction of sp³-hybridized carbons (Fsp3) is 0.355. The fourth-order valence-electron chi connectivity index (χ4n) is 5.85. The van der Waals surface area contributed by atoms with Crippen LogP contribution in [0.25, 0.3) is 16.6 Å². The van der Waals surface area contributed by atoms with Gasteiger partial charge in [-0.3, -0.25) is 4.90 Å². The third kappa shape index (κ3) is 5.28. The van der Waals surface area contributed by atoms with Gasteiger partial charge in [0.2, 0.25) is 5.88 Å². The Morgan fingerprint density at radius 1 is 1.02 bits per heavy atom. The van der Waals surface area contributed by atoms with Crippen LogP contribution >= 0.6 is 0 Å². The lowest BCUT2D eigenvalue weighted by atomic mass is 9.93. The highest BCUT2D eigenvalue weighted by Crippen LogP contribution is 2.30. The van der Waals surface area contributed by atoms with Crippen molar-refractivity contribution in [3.05, 3.63) is 89.6 Å². The minimum atomic E-state index is -0.929. The van der Waals surface area contributed by atoms with Gasteiger partial charge in [0.1, 0.15) is 12.4 Å². The first-order chi connectivity index (χ1) is 20.1. The van der Waals surface area contributed by atoms with Crippen molar-refractivity contribution in [2.45, 2.75) is 51.0 Å². The van der Waals surface area contributed by atoms with Gasteiger partial charge in [0, 0.05) is 30.5 Å². The van der Waals surface area contributed by atoms with E-state index < -0.39 is 5.97 Å². The number of nitrogens with zero attached hydrogens (tertiary/aromatic N) is 6. The zero-order valence-electron chi connectivity index (χ0n) is 22.7. The molecule has 7 rings (SSSR count). The summed E-state index contributed by atoms with van der Waals surface area (Å²) in [6.07, 6.45) is 4.95. The van der Waals surface area contributed by atoms with Crippen molar-refractivity contribution in [2.75, 3.05) is 19.7 Å². The third-order valence-electron chi connectivity index (χ3n) is 8.24. The molecule has 0 unspecified atom stereocenters. The number of carboxylic acids is 1. The number of aromatic carboxylic acids is 1. The van der Waals surface area contributed by atoms with Crippen LogP contribution in [0.15, 0.2) is 66.9 Å². The molecule has 210 valence electrons. The summed E-state index contributed by atoms with van der Waals surface area (Å²) < 4.78 is 15.8. The molecule has 0 aliphatic carbocycles. The number of ether oxygens (including phenoxy) is 2. The molecule has 2 aliphatic heterocycles. The van der Waals surface area contributed by atoms with Crippen molar-refractivity contribution in [2.24, 2.45) is 0 Å². The average Bonchev–Trinajstić information content (AvgIpc) is 3.59. The number of hydrogen-bond acceptors (Lipinski definition) is 7. The van der Waals surface area contributed by atoms with Crippen molar-refractivity contribution >= 4 is 22.5 Å². The Morgan fingerprint density at radius 3 is 2.68 bits per heavy atom. The molecule has 4 aromatic heterocycles. The summed E-state index contributed by atoms with van der Waals surface area (Å²) >= 11 is 0. The van der Waals surface area contributed by atoms with Crippen molar-refractivity contribution in [1.29, 1.82) is 0 Å². The SMILES string of the molecule is O=C(O)c1ccc2nc(CN3CCC(c4cccc(OCc5cccc6ccnn56)n4)CC3)n(C[C@@H]3CCO3)c2c1. The average molecular weight is 553 g/mol. The first kappa shape index (κ1) is 25.7. The summed E-state index contributed by atoms with van der Waals surface area (Å²) in [7, 11) is 0. The third-order valence-corrected chi connectivity index (χ3v) is 8.24. The van der Waals surface area contributed by atoms with Crippen LogP contribution in [0.3, 0.4) is 0 Å². The van der Waals surface area contributed by atoms with Crippen molar-refractivity contribution in [3.63, 3.8) is 0 Å². The van der Waals surface area contributed by atoms with Crippen molar-refractivity contribution in [3.8, 4) is 5.88 Å². The number of likely N-dealkylation sites (tertiary alicyclic amines) is 1. The number of rotatable bonds is 9. The fourth-order valence-corrected chi connectivity index (χ4v) is 5.85. The summed E-state index contributed by atoms with van der Waals surface area (Å²) in [4.78, 5) is 23.8. The largest absolute Gasteiger partial charge is 0.478 e. The molecule has 5 aromatic rings. The summed E-state index contributed by atoms with van der Waals surface area (Å²) in [5, 5.41) is 13.9. The first-order valence-electron chi connectivity index (χ1n) is 14.2. The molecule has 1 N–H and O–H groups in total. The summed E-state index contributed by atoms with van der Waals surface area (Å²) in [5.74, 6) is 1.02. The van der Waals surface area contributed by atoms with Crippen LogP contribution in [0.1, 0.15) is 52.8 Å². The van der Waals surface area contributed by atoms with E-state index in [1.165, 1.54) is 0 Å². The van der Waals surface area contributed by atoms with Gasteiger partial charge < -0.3 is 19.1 Å². The molecular formula is C31H32N6O4. The van der Waals surface area contributed by atoms with Gasteiger partial charge in [-0.15, -0.1) is 0 Å². The second-order valence-corrected chi connectivity index (χ2v) is 10.9. The smallest absolute Gasteiger partial charge is 0.335 e. The highest BCUT2D eigenvalue weighted by atomic mass is 16.5. The predicted molar refractivity (Wildman–Crippen MR) is 152 cm³/mol. The Kier molecular flexibility index (Phi) is 6.85. The maximum absolute atomic E-state index is 11.6. The Bertz CT molecular complexity index is 1700. The summed E-state index contributed by atoms with van der Waals surface area (Å²) in [6.45, 7) is 4.45. The predicted octanol–water partition coefficient (Wildman–Crippen LogP) is 4.52. The van der Waals surface area contributed by atoms with Crippen LogP contribution in [0, 0.1) is 0 Å². The van der Waals surface area contributed by atoms with Gasteiger partial charge in [0.15, 0.2) is 0 Å². The number of carboxylic acid groups (broad SMARTS) is 1. The van der Waals surface area contributed by atoms with E-state index in [2.05, 4.69) is 20.6 Å². The Morgan fingerprint density at radius 2 is 1.88 bits per heavy atom. The number of hydrogen-bond donors (Lipinski definition) is 1. The Balaban J connectivity index is 1.01. The van der Waals surface area contributed by atoms with Crippen molar-refractivity contribution in [1.82, 2.24) is 29.0 Å². The molecule has 2 saturated heterocycles. The number of imidazole rings is 1. The Hall–Kier alpha value is -4.28. The van der Waals surface area contributed by atoms with Crippen LogP contribution in [-0.4, -0.2) is 65.9 Å². The number of pyridine rings is 2. The molecule has 10 nitrogen and oxygen atoms in total. The second-order valence-electron chi connectivity index (χ2n) is 10.9. The number of piperidine rings is 1. The minimum absolute atomic E-state index is 0.151. The number of benzene rings is 1. The molecule has 6 heterocycles. The van der Waals surface area contributed by atoms with Crippen LogP contribution < -0.4 is 4.74 Å². The van der Waals surface area contributed by atoms with Gasteiger partial charge in [-0.05, 0) is 74.8 Å². The van der Waals surface area contributed by atoms with Crippen LogP contribution in [0.4, 0.5) is 0 Å². The second kappa shape index (κ2) is 10.9. The van der Waals surface area contributed by atoms with E-state index in [0.717, 1.165) is 72.7 Å². The van der Waals surface area contributed by atoms with E-state index in [0.29, 0.717) is 31.5 Å². The first-order valence-corrected chi connectivity index (χ1v) is 14.2. The summed E-state index contributed by atoms with van der Waals surface area (Å²) in [6, 6.07) is 19.2. The molecule has 0 radical (unpaired) electrons. The highest BCUT2D eigenvalue weighted by molar-refractivity contribution is 5.92. The Labute approximate surface area is 237 Å². The quantitative estimate of drug-likeness (QED) is 0.284. The molecule has 2 fully saturated rings. The van der Waals surface area contributed by atoms with E-state index in [1.54, 1.807) is 18.3 Å². The lowest BCUT2D eigenvalue weighted by molar-refractivity contribution is -0.0592. The van der Waals surface area contributed by atoms with Gasteiger partial charge in [-0.25, -0.2) is 19.3 Å². The number of aromatic nitrogens is 5. The lowest BCUT2D eigenvalue weighted by Gasteiger charge is -2.32. The molecule has 2 aliphatic rings. The van der Waals surface area contributed by atoms with Crippen molar-refractivity contribution < 1.29 is 19.4 Å². The zero-order chi connectivity index (χ0) is 27.8. The lowest BCUT2D eigenvalue weighted by Crippen LogP contribution is -2.35. The molecule has 41 heavy (non-hydrogen) atoms. The molecule has 0 spiro atoms. The molecular weight excluding hydrogens is 520 g/mol. The van der Waals surface area contributed by atoms with Gasteiger partial charge in [-0.2, -0.15) is 5.10 Å². The van der Waals surface area contributed by atoms with E-state index >= 15 is 0 Å². The monoisotopic (exact) mass is 552 g/mol. The van der Waals surface area contributed by atoms with E-state index in [4.69, 9.17) is 19.4 Å². The highest BCUT2D eigenvalue weighted by Gasteiger charge is 2.26. The van der Waals surface area contributed by atoms with Gasteiger partial charge in [0.25, 0.3) is 0 Å². The normalized spacial score (nSPS) is 18.1. The van der Waals surface area contributed by atoms with E-state index in [9.17, 15) is 9.90 Å². The topological polar surface area (TPSA) is 107 Å². The molecule has 10 heteroatoms. The standard InChI is InChI=1S/C31H32N6O4/c38-31(39)22-7-8-27-28(17-22)36(18-25-12-16-40-25)29(33-27)19-35-14-10-21(11-15-35)26-5-2-6-30(34-26)41-20-24-4-1-3-23-9-13-32-37(23)24/h1-9,13,17,21,25H,10-12,14-16,18-20H2,(H,38,39)/t25-/m0/s1. The summed E-state index contributed by atoms with van der Waals surface area (Å²) in [5.41, 5.74) is 5.03. The van der Waals surface area contributed by atoms with Crippen LogP contribution in [0.2, 0.25) is 0 Å². The number of fused-ring (bicyclic) bond motifs is 2. The van der Waals surface area contributed by atoms with Gasteiger partial charge in [0.05, 0.1) is 47.0 Å². The van der Waals surface area contributed by atoms with Gasteiger partial charge >= 0.3 is 5.97 Å². The maximum Gasteiger partial charge on any atom is 0.335 e. The molecule has 1 aromatic carbocycles. The number of carbonyl (C=O) groups is 1. The van der Waals surface area contributed by atoms with Crippen LogP contribution in [-0.2, 0) is 24.4 Å². The molecule has 0 bridgehead atoms. The van der Waals surface area contributed by atoms with Crippen LogP contribution in [0.5, 0.6) is 5.88 Å². The van der Waals surface area contributed by atoms with E-state index in [-0.39, 0.29) is 11.7 Å². The molecule has 0 amide bonds. The maximum atomic E-state index is 11.6. The molecule has 1 atom stereocenters. The minimum Gasteiger partial charge on any atom is -0.478 e. The van der Waals surface area contributed by atoms with E-state index in [1.807, 2.05) is 47.0 Å².